The Hall–Kier alpha value is -1.88. The normalized spacial score (nSPS) is 15.2. The van der Waals surface area contributed by atoms with Crippen molar-refractivity contribution in [2.75, 3.05) is 18.0 Å². The number of aromatic hydroxyl groups is 1. The number of aromatic nitrogens is 1. The molecule has 0 amide bonds. The molecular formula is C16H19N2O2S+. The van der Waals surface area contributed by atoms with Crippen LogP contribution in [0.2, 0.25) is 0 Å². The third-order valence-corrected chi connectivity index (χ3v) is 5.06. The number of rotatable bonds is 3. The first-order chi connectivity index (χ1) is 10.2. The van der Waals surface area contributed by atoms with Crippen LogP contribution < -0.4 is 9.47 Å². The van der Waals surface area contributed by atoms with Crippen LogP contribution in [0.15, 0.2) is 30.3 Å². The largest absolute Gasteiger partial charge is 0.476 e. The molecule has 0 unspecified atom stereocenters. The molecule has 0 bridgehead atoms. The molecule has 1 aromatic carbocycles. The standard InChI is InChI=1S/C16H18N2O2S/c1-12(19)14-15(20)18(13-8-4-2-5-9-13)16(21-14)17-10-6-3-7-11-17/h2,4-5,8-9H,3,6-7,10-11H2,1H3/p+1. The lowest BCUT2D eigenvalue weighted by Crippen LogP contribution is -2.40. The number of hydrogen-bond donors (Lipinski definition) is 1. The molecule has 1 N–H and O–H groups in total. The minimum absolute atomic E-state index is 0.0549. The second kappa shape index (κ2) is 5.85. The number of Topliss-reactive ketones (excluding diaryl/α,β-unsaturated/α-hetero) is 1. The van der Waals surface area contributed by atoms with Crippen molar-refractivity contribution in [2.45, 2.75) is 26.2 Å². The van der Waals surface area contributed by atoms with Gasteiger partial charge in [-0.25, -0.2) is 0 Å². The lowest BCUT2D eigenvalue weighted by Gasteiger charge is -2.20. The van der Waals surface area contributed by atoms with Crippen molar-refractivity contribution >= 4 is 22.3 Å². The van der Waals surface area contributed by atoms with E-state index in [4.69, 9.17) is 0 Å². The van der Waals surface area contributed by atoms with Crippen LogP contribution in [0.5, 0.6) is 5.88 Å². The SMILES string of the molecule is CC(=O)c1sc(N2CCCCC2)[n+](-c2ccccc2)c1O. The summed E-state index contributed by atoms with van der Waals surface area (Å²) in [6.45, 7) is 3.45. The van der Waals surface area contributed by atoms with Crippen molar-refractivity contribution in [3.63, 3.8) is 0 Å². The van der Waals surface area contributed by atoms with E-state index in [0.717, 1.165) is 36.8 Å². The number of anilines is 1. The number of nitrogens with zero attached hydrogens (tertiary/aromatic N) is 2. The maximum atomic E-state index is 11.8. The summed E-state index contributed by atoms with van der Waals surface area (Å²) in [6.07, 6.45) is 3.56. The van der Waals surface area contributed by atoms with E-state index in [1.165, 1.54) is 24.7 Å². The monoisotopic (exact) mass is 303 g/mol. The van der Waals surface area contributed by atoms with Crippen LogP contribution in [0.4, 0.5) is 5.13 Å². The number of hydrogen-bond acceptors (Lipinski definition) is 4. The van der Waals surface area contributed by atoms with Gasteiger partial charge in [0.15, 0.2) is 10.7 Å². The van der Waals surface area contributed by atoms with Crippen molar-refractivity contribution in [1.82, 2.24) is 0 Å². The zero-order valence-electron chi connectivity index (χ0n) is 12.1. The van der Waals surface area contributed by atoms with Crippen LogP contribution in [0, 0.1) is 0 Å². The molecule has 0 saturated carbocycles. The summed E-state index contributed by atoms with van der Waals surface area (Å²) in [5.41, 5.74) is 0.888. The number of carbonyl (C=O) groups is 1. The molecule has 0 spiro atoms. The predicted octanol–water partition coefficient (Wildman–Crippen LogP) is 2.92. The van der Waals surface area contributed by atoms with E-state index in [1.54, 1.807) is 4.57 Å². The first-order valence-electron chi connectivity index (χ1n) is 7.27. The second-order valence-electron chi connectivity index (χ2n) is 5.31. The van der Waals surface area contributed by atoms with Gasteiger partial charge >= 0.3 is 11.0 Å². The number of para-hydroxylation sites is 1. The number of ketones is 1. The third kappa shape index (κ3) is 2.65. The van der Waals surface area contributed by atoms with Crippen molar-refractivity contribution in [3.8, 4) is 11.6 Å². The number of thiazole rings is 1. The Labute approximate surface area is 128 Å². The average molecular weight is 303 g/mol. The fourth-order valence-corrected chi connectivity index (χ4v) is 3.81. The van der Waals surface area contributed by atoms with Gasteiger partial charge in [-0.2, -0.15) is 4.57 Å². The fraction of sp³-hybridized carbons (Fsp3) is 0.375. The number of benzene rings is 1. The van der Waals surface area contributed by atoms with Crippen molar-refractivity contribution in [3.05, 3.63) is 35.2 Å². The molecule has 1 aromatic heterocycles. The van der Waals surface area contributed by atoms with E-state index >= 15 is 0 Å². The average Bonchev–Trinajstić information content (AvgIpc) is 2.87. The molecule has 0 aliphatic carbocycles. The van der Waals surface area contributed by atoms with Gasteiger partial charge in [0.05, 0.1) is 13.1 Å². The number of piperidine rings is 1. The highest BCUT2D eigenvalue weighted by Gasteiger charge is 2.32. The maximum Gasteiger partial charge on any atom is 0.345 e. The summed E-state index contributed by atoms with van der Waals surface area (Å²) in [6, 6.07) is 9.72. The Morgan fingerprint density at radius 2 is 1.86 bits per heavy atom. The minimum atomic E-state index is -0.0922. The Bertz CT molecular complexity index is 646. The molecule has 2 aromatic rings. The number of carbonyl (C=O) groups excluding carboxylic acids is 1. The highest BCUT2D eigenvalue weighted by atomic mass is 32.1. The molecule has 1 aliphatic rings. The molecule has 1 aliphatic heterocycles. The third-order valence-electron chi connectivity index (χ3n) is 3.76. The van der Waals surface area contributed by atoms with E-state index in [1.807, 2.05) is 30.3 Å². The van der Waals surface area contributed by atoms with Gasteiger partial charge in [-0.05, 0) is 42.7 Å². The van der Waals surface area contributed by atoms with E-state index < -0.39 is 0 Å². The van der Waals surface area contributed by atoms with Crippen molar-refractivity contribution in [1.29, 1.82) is 0 Å². The van der Waals surface area contributed by atoms with E-state index in [9.17, 15) is 9.90 Å². The van der Waals surface area contributed by atoms with Crippen LogP contribution in [-0.4, -0.2) is 24.0 Å². The van der Waals surface area contributed by atoms with Gasteiger partial charge in [0.2, 0.25) is 0 Å². The lowest BCUT2D eigenvalue weighted by molar-refractivity contribution is -0.586. The second-order valence-corrected chi connectivity index (χ2v) is 6.29. The quantitative estimate of drug-likeness (QED) is 0.700. The maximum absolute atomic E-state index is 11.8. The van der Waals surface area contributed by atoms with E-state index in [-0.39, 0.29) is 11.7 Å². The Morgan fingerprint density at radius 3 is 2.48 bits per heavy atom. The highest BCUT2D eigenvalue weighted by molar-refractivity contribution is 7.17. The summed E-state index contributed by atoms with van der Waals surface area (Å²) >= 11 is 1.38. The van der Waals surface area contributed by atoms with Crippen molar-refractivity contribution < 1.29 is 14.5 Å². The van der Waals surface area contributed by atoms with Crippen LogP contribution in [-0.2, 0) is 0 Å². The molecule has 5 heteroatoms. The van der Waals surface area contributed by atoms with Crippen LogP contribution in [0.3, 0.4) is 0 Å². The van der Waals surface area contributed by atoms with Gasteiger partial charge in [0, 0.05) is 6.92 Å². The van der Waals surface area contributed by atoms with Gasteiger partial charge in [-0.15, -0.1) is 0 Å². The molecular weight excluding hydrogens is 284 g/mol. The Morgan fingerprint density at radius 1 is 1.19 bits per heavy atom. The first-order valence-corrected chi connectivity index (χ1v) is 8.09. The minimum Gasteiger partial charge on any atom is -0.476 e. The molecule has 0 atom stereocenters. The molecule has 3 rings (SSSR count). The Balaban J connectivity index is 2.13. The summed E-state index contributed by atoms with van der Waals surface area (Å²) in [4.78, 5) is 14.5. The highest BCUT2D eigenvalue weighted by Crippen LogP contribution is 2.32. The van der Waals surface area contributed by atoms with Gasteiger partial charge in [0.1, 0.15) is 5.69 Å². The molecule has 1 saturated heterocycles. The molecule has 2 heterocycles. The summed E-state index contributed by atoms with van der Waals surface area (Å²) < 4.78 is 1.80. The van der Waals surface area contributed by atoms with Gasteiger partial charge < -0.3 is 5.11 Å². The summed E-state index contributed by atoms with van der Waals surface area (Å²) in [5, 5.41) is 11.4. The van der Waals surface area contributed by atoms with Crippen LogP contribution >= 0.6 is 11.3 Å². The predicted molar refractivity (Wildman–Crippen MR) is 83.6 cm³/mol. The van der Waals surface area contributed by atoms with E-state index in [0.29, 0.717) is 4.88 Å². The molecule has 1 fully saturated rings. The van der Waals surface area contributed by atoms with Crippen LogP contribution in [0.25, 0.3) is 5.69 Å². The molecule has 0 radical (unpaired) electrons. The van der Waals surface area contributed by atoms with Gasteiger partial charge in [-0.3, -0.25) is 9.69 Å². The molecule has 110 valence electrons. The fourth-order valence-electron chi connectivity index (χ4n) is 2.70. The Kier molecular flexibility index (Phi) is 3.92. The topological polar surface area (TPSA) is 44.4 Å². The molecule has 21 heavy (non-hydrogen) atoms. The molecule has 4 nitrogen and oxygen atoms in total. The van der Waals surface area contributed by atoms with E-state index in [2.05, 4.69) is 4.90 Å². The lowest BCUT2D eigenvalue weighted by atomic mass is 10.1. The van der Waals surface area contributed by atoms with Crippen LogP contribution in [0.1, 0.15) is 35.9 Å². The van der Waals surface area contributed by atoms with Crippen molar-refractivity contribution in [2.24, 2.45) is 0 Å². The summed E-state index contributed by atoms with van der Waals surface area (Å²) in [7, 11) is 0. The summed E-state index contributed by atoms with van der Waals surface area (Å²) in [5.74, 6) is -0.0373. The zero-order chi connectivity index (χ0) is 14.8. The van der Waals surface area contributed by atoms with Gasteiger partial charge in [-0.1, -0.05) is 18.2 Å². The van der Waals surface area contributed by atoms with Gasteiger partial charge in [0.25, 0.3) is 0 Å². The smallest absolute Gasteiger partial charge is 0.345 e. The first kappa shape index (κ1) is 14.1. The zero-order valence-corrected chi connectivity index (χ0v) is 12.9.